The number of hydrogen-bond acceptors (Lipinski definition) is 8. The summed E-state index contributed by atoms with van der Waals surface area (Å²) in [5, 5.41) is 25.0. The fraction of sp³-hybridized carbons (Fsp3) is 0.212. The Bertz CT molecular complexity index is 1910. The van der Waals surface area contributed by atoms with E-state index in [4.69, 9.17) is 4.74 Å². The maximum Gasteiger partial charge on any atom is 0.194 e. The van der Waals surface area contributed by atoms with E-state index in [1.54, 1.807) is 19.1 Å². The van der Waals surface area contributed by atoms with Crippen LogP contribution in [0.5, 0.6) is 17.2 Å². The molecule has 9 nitrogen and oxygen atoms in total. The first kappa shape index (κ1) is 27.9. The number of Topliss-reactive ketones (excluding diaryl/α,β-unsaturated/α-hetero) is 2. The maximum absolute atomic E-state index is 14.2. The topological polar surface area (TPSA) is 142 Å². The van der Waals surface area contributed by atoms with Crippen molar-refractivity contribution in [2.45, 2.75) is 45.6 Å². The Balaban J connectivity index is 1.44. The molecule has 4 aromatic rings. The molecule has 2 aliphatic rings. The lowest BCUT2D eigenvalue weighted by atomic mass is 9.70. The van der Waals surface area contributed by atoms with Crippen LogP contribution in [-0.2, 0) is 21.4 Å². The second-order valence-electron chi connectivity index (χ2n) is 11.0. The number of nitrogens with one attached hydrogen (secondary N) is 2. The van der Waals surface area contributed by atoms with Gasteiger partial charge in [-0.25, -0.2) is 9.37 Å². The van der Waals surface area contributed by atoms with Crippen LogP contribution < -0.4 is 10.1 Å². The Kier molecular flexibility index (Phi) is 6.45. The minimum atomic E-state index is -1.64. The van der Waals surface area contributed by atoms with E-state index in [2.05, 4.69) is 15.3 Å². The van der Waals surface area contributed by atoms with Crippen LogP contribution in [0.4, 0.5) is 4.39 Å². The molecule has 3 aromatic carbocycles. The summed E-state index contributed by atoms with van der Waals surface area (Å²) in [5.41, 5.74) is 0.634. The van der Waals surface area contributed by atoms with Gasteiger partial charge in [-0.3, -0.25) is 14.4 Å². The smallest absolute Gasteiger partial charge is 0.194 e. The summed E-state index contributed by atoms with van der Waals surface area (Å²) in [7, 11) is 0. The van der Waals surface area contributed by atoms with Gasteiger partial charge in [-0.15, -0.1) is 0 Å². The summed E-state index contributed by atoms with van der Waals surface area (Å²) in [6.45, 7) is 5.77. The summed E-state index contributed by atoms with van der Waals surface area (Å²) in [4.78, 5) is 48.1. The Morgan fingerprint density at radius 3 is 2.47 bits per heavy atom. The normalized spacial score (nSPS) is 19.4. The number of ketones is 3. The van der Waals surface area contributed by atoms with E-state index in [-0.39, 0.29) is 39.5 Å². The van der Waals surface area contributed by atoms with Gasteiger partial charge in [-0.1, -0.05) is 24.3 Å². The number of aromatic nitrogens is 2. The molecule has 0 amide bonds. The number of imidazole rings is 1. The second-order valence-corrected chi connectivity index (χ2v) is 11.0. The van der Waals surface area contributed by atoms with E-state index in [0.717, 1.165) is 11.0 Å². The van der Waals surface area contributed by atoms with Crippen molar-refractivity contribution in [2.75, 3.05) is 0 Å². The number of halogens is 1. The monoisotopic (exact) mass is 581 g/mol. The lowest BCUT2D eigenvalue weighted by Crippen LogP contribution is -2.41. The van der Waals surface area contributed by atoms with E-state index < -0.39 is 46.1 Å². The van der Waals surface area contributed by atoms with Crippen molar-refractivity contribution in [3.8, 4) is 17.2 Å². The highest BCUT2D eigenvalue weighted by Gasteiger charge is 2.56. The number of nitrogens with zero attached hydrogens (tertiary/aromatic N) is 1. The van der Waals surface area contributed by atoms with E-state index in [1.807, 2.05) is 24.3 Å². The van der Waals surface area contributed by atoms with E-state index in [1.165, 1.54) is 39.0 Å². The van der Waals surface area contributed by atoms with Crippen LogP contribution in [0.25, 0.3) is 11.0 Å². The number of rotatable bonds is 6. The number of phenolic OH excluding ortho intramolecular Hbond substituents is 2. The van der Waals surface area contributed by atoms with Gasteiger partial charge in [0.2, 0.25) is 0 Å². The third-order valence-electron chi connectivity index (χ3n) is 8.26. The fourth-order valence-electron chi connectivity index (χ4n) is 5.94. The van der Waals surface area contributed by atoms with Crippen molar-refractivity contribution in [3.63, 3.8) is 0 Å². The molecule has 0 fully saturated rings. The summed E-state index contributed by atoms with van der Waals surface area (Å²) < 4.78 is 19.7. The number of fused-ring (bicyclic) bond motifs is 4. The number of allylic oxidation sites excluding steroid dienone is 4. The van der Waals surface area contributed by atoms with Gasteiger partial charge in [0, 0.05) is 23.8 Å². The Labute approximate surface area is 245 Å². The molecule has 1 aliphatic heterocycles. The molecule has 0 bridgehead atoms. The molecule has 1 aliphatic carbocycles. The van der Waals surface area contributed by atoms with Crippen molar-refractivity contribution in [2.24, 2.45) is 0 Å². The third kappa shape index (κ3) is 4.29. The number of carbonyl (C=O) groups excluding carboxylic acids is 3. The minimum absolute atomic E-state index is 0.0133. The van der Waals surface area contributed by atoms with Gasteiger partial charge in [0.05, 0.1) is 28.2 Å². The molecule has 0 saturated carbocycles. The zero-order valence-electron chi connectivity index (χ0n) is 23.8. The van der Waals surface area contributed by atoms with Crippen LogP contribution in [0.15, 0.2) is 71.6 Å². The first-order chi connectivity index (χ1) is 20.4. The average molecular weight is 582 g/mol. The van der Waals surface area contributed by atoms with Crippen LogP contribution in [0.1, 0.15) is 59.7 Å². The summed E-state index contributed by atoms with van der Waals surface area (Å²) in [6, 6.07) is 12.9. The Morgan fingerprint density at radius 2 is 1.79 bits per heavy atom. The van der Waals surface area contributed by atoms with E-state index >= 15 is 0 Å². The molecule has 2 atom stereocenters. The summed E-state index contributed by atoms with van der Waals surface area (Å²) in [5.74, 6) is -2.60. The van der Waals surface area contributed by atoms with Gasteiger partial charge < -0.3 is 25.3 Å². The van der Waals surface area contributed by atoms with E-state index in [0.29, 0.717) is 17.8 Å². The maximum atomic E-state index is 14.2. The third-order valence-corrected chi connectivity index (χ3v) is 8.26. The van der Waals surface area contributed by atoms with E-state index in [9.17, 15) is 29.0 Å². The van der Waals surface area contributed by atoms with Crippen molar-refractivity contribution >= 4 is 28.4 Å². The number of benzene rings is 3. The molecule has 218 valence electrons. The molecule has 1 aromatic heterocycles. The molecule has 10 heteroatoms. The molecule has 0 radical (unpaired) electrons. The summed E-state index contributed by atoms with van der Waals surface area (Å²) in [6.07, 6.45) is 1.49. The molecule has 2 heterocycles. The van der Waals surface area contributed by atoms with Gasteiger partial charge in [0.1, 0.15) is 45.6 Å². The highest BCUT2D eigenvalue weighted by atomic mass is 19.1. The predicted octanol–water partition coefficient (Wildman–Crippen LogP) is 5.16. The van der Waals surface area contributed by atoms with Crippen LogP contribution >= 0.6 is 0 Å². The lowest BCUT2D eigenvalue weighted by molar-refractivity contribution is -0.123. The first-order valence-electron chi connectivity index (χ1n) is 13.7. The zero-order valence-corrected chi connectivity index (χ0v) is 23.8. The highest BCUT2D eigenvalue weighted by Crippen LogP contribution is 2.57. The molecular formula is C33H28FN3O6. The minimum Gasteiger partial charge on any atom is -0.507 e. The van der Waals surface area contributed by atoms with Crippen LogP contribution in [0, 0.1) is 12.7 Å². The van der Waals surface area contributed by atoms with Gasteiger partial charge in [-0.05, 0) is 57.5 Å². The summed E-state index contributed by atoms with van der Waals surface area (Å²) >= 11 is 0. The Hall–Kier alpha value is -5.25. The van der Waals surface area contributed by atoms with Gasteiger partial charge in [-0.2, -0.15) is 0 Å². The van der Waals surface area contributed by atoms with Crippen molar-refractivity contribution in [3.05, 3.63) is 106 Å². The van der Waals surface area contributed by atoms with Crippen molar-refractivity contribution in [1.29, 1.82) is 0 Å². The van der Waals surface area contributed by atoms with Crippen LogP contribution in [-0.4, -0.2) is 37.5 Å². The molecule has 43 heavy (non-hydrogen) atoms. The van der Waals surface area contributed by atoms with Gasteiger partial charge >= 0.3 is 0 Å². The Morgan fingerprint density at radius 1 is 1.09 bits per heavy atom. The van der Waals surface area contributed by atoms with Crippen LogP contribution in [0.3, 0.4) is 0 Å². The number of phenols is 2. The average Bonchev–Trinajstić information content (AvgIpc) is 3.50. The number of carbonyl (C=O) groups is 3. The van der Waals surface area contributed by atoms with Crippen molar-refractivity contribution in [1.82, 2.24) is 15.3 Å². The molecule has 4 N–H and O–H groups in total. The molecule has 0 spiro atoms. The molecule has 0 saturated heterocycles. The number of ether oxygens (including phenoxy) is 1. The lowest BCUT2D eigenvalue weighted by Gasteiger charge is -2.30. The first-order valence-corrected chi connectivity index (χ1v) is 13.7. The van der Waals surface area contributed by atoms with Gasteiger partial charge in [0.15, 0.2) is 17.3 Å². The molecule has 1 unspecified atom stereocenters. The number of aromatic hydroxyl groups is 2. The molecular weight excluding hydrogens is 553 g/mol. The number of hydrogen-bond donors (Lipinski definition) is 4. The highest BCUT2D eigenvalue weighted by molar-refractivity contribution is 6.31. The quantitative estimate of drug-likeness (QED) is 0.139. The van der Waals surface area contributed by atoms with Gasteiger partial charge in [0.25, 0.3) is 0 Å². The van der Waals surface area contributed by atoms with Crippen molar-refractivity contribution < 1.29 is 33.7 Å². The molecule has 6 rings (SSSR count). The number of aromatic amines is 1. The largest absolute Gasteiger partial charge is 0.507 e. The SMILES string of the molecule is CC(=O)c1c(O)c(C)c(O)c2c1OC1=CC(=O)C(=C(C)NC(Cc3nc4ccccc4[nH]3)c3ccc(F)cc3)C(=O)[C@@]12C. The van der Waals surface area contributed by atoms with Crippen LogP contribution in [0.2, 0.25) is 0 Å². The zero-order chi connectivity index (χ0) is 30.8. The number of H-pyrrole nitrogens is 1. The number of para-hydroxylation sites is 2. The standard InChI is InChI=1S/C33H28FN3O6/c1-15-29(40)27(17(3)38)31-28(30(15)41)33(4)24(43-31)14-23(39)26(32(33)42)16(2)35-22(18-9-11-19(34)12-10-18)13-25-36-20-7-5-6-8-21(20)37-25/h5-12,14,22,35,40-41H,13H2,1-4H3,(H,36,37)/t22?,33-/m0/s1. The predicted molar refractivity (Wildman–Crippen MR) is 155 cm³/mol. The second kappa shape index (κ2) is 9.94. The fourth-order valence-corrected chi connectivity index (χ4v) is 5.94.